The van der Waals surface area contributed by atoms with E-state index in [4.69, 9.17) is 0 Å². The van der Waals surface area contributed by atoms with Gasteiger partial charge < -0.3 is 10.2 Å². The van der Waals surface area contributed by atoms with Crippen molar-refractivity contribution in [2.24, 2.45) is 0 Å². The van der Waals surface area contributed by atoms with Crippen LogP contribution in [0.2, 0.25) is 25.7 Å². The fraction of sp³-hybridized carbons (Fsp3) is 0.647. The normalized spacial score (nSPS) is 16.6. The first kappa shape index (κ1) is 15.6. The minimum atomic E-state index is -0.928. The zero-order valence-electron chi connectivity index (χ0n) is 13.4. The Morgan fingerprint density at radius 3 is 2.60 bits per heavy atom. The zero-order chi connectivity index (χ0) is 14.4. The third-order valence-corrected chi connectivity index (χ3v) is 5.80. The molecule has 2 rings (SSSR count). The van der Waals surface area contributed by atoms with Crippen LogP contribution in [0.25, 0.3) is 0 Å². The topological polar surface area (TPSA) is 15.3 Å². The predicted molar refractivity (Wildman–Crippen MR) is 92.5 cm³/mol. The molecule has 0 spiro atoms. The number of likely N-dealkylation sites (tertiary alicyclic amines) is 1. The molecule has 0 aromatic heterocycles. The number of hydrogen-bond donors (Lipinski definition) is 1. The summed E-state index contributed by atoms with van der Waals surface area (Å²) in [6, 6.07) is 10.4. The van der Waals surface area contributed by atoms with E-state index in [2.05, 4.69) is 54.1 Å². The van der Waals surface area contributed by atoms with Crippen molar-refractivity contribution < 1.29 is 0 Å². The summed E-state index contributed by atoms with van der Waals surface area (Å²) in [5.74, 6) is 0. The summed E-state index contributed by atoms with van der Waals surface area (Å²) in [4.78, 5) is 2.56. The van der Waals surface area contributed by atoms with Crippen LogP contribution in [0, 0.1) is 0 Å². The zero-order valence-corrected chi connectivity index (χ0v) is 14.4. The molecule has 1 N–H and O–H groups in total. The van der Waals surface area contributed by atoms with Crippen LogP contribution < -0.4 is 5.32 Å². The van der Waals surface area contributed by atoms with Gasteiger partial charge in [-0.3, -0.25) is 0 Å². The summed E-state index contributed by atoms with van der Waals surface area (Å²) in [5.41, 5.74) is 2.77. The number of anilines is 1. The highest BCUT2D eigenvalue weighted by Crippen LogP contribution is 2.17. The molecule has 1 aliphatic rings. The monoisotopic (exact) mass is 290 g/mol. The Labute approximate surface area is 125 Å². The van der Waals surface area contributed by atoms with Crippen molar-refractivity contribution in [2.75, 3.05) is 31.5 Å². The maximum atomic E-state index is 3.58. The van der Waals surface area contributed by atoms with Gasteiger partial charge in [-0.25, -0.2) is 0 Å². The van der Waals surface area contributed by atoms with E-state index in [1.165, 1.54) is 56.2 Å². The molecule has 2 nitrogen and oxygen atoms in total. The first-order valence-corrected chi connectivity index (χ1v) is 11.8. The van der Waals surface area contributed by atoms with Crippen molar-refractivity contribution in [1.29, 1.82) is 0 Å². The summed E-state index contributed by atoms with van der Waals surface area (Å²) in [7, 11) is -0.928. The van der Waals surface area contributed by atoms with Gasteiger partial charge in [0.25, 0.3) is 0 Å². The lowest BCUT2D eigenvalue weighted by molar-refractivity contribution is 0.352. The van der Waals surface area contributed by atoms with E-state index in [9.17, 15) is 0 Å². The van der Waals surface area contributed by atoms with Crippen molar-refractivity contribution >= 4 is 13.8 Å². The lowest BCUT2D eigenvalue weighted by atomic mass is 10.1. The molecule has 1 saturated heterocycles. The molecular weight excluding hydrogens is 260 g/mol. The van der Waals surface area contributed by atoms with E-state index in [-0.39, 0.29) is 0 Å². The molecule has 3 heteroatoms. The van der Waals surface area contributed by atoms with Gasteiger partial charge in [0.15, 0.2) is 0 Å². The fourth-order valence-electron chi connectivity index (χ4n) is 2.72. The molecule has 1 fully saturated rings. The minimum Gasteiger partial charge on any atom is -0.384 e. The van der Waals surface area contributed by atoms with Crippen LogP contribution in [0.5, 0.6) is 0 Å². The van der Waals surface area contributed by atoms with Gasteiger partial charge >= 0.3 is 0 Å². The minimum absolute atomic E-state index is 0.928. The molecule has 0 atom stereocenters. The van der Waals surface area contributed by atoms with E-state index in [0.717, 1.165) is 6.54 Å². The summed E-state index contributed by atoms with van der Waals surface area (Å²) in [6.07, 6.45) is 4.00. The van der Waals surface area contributed by atoms with Crippen LogP contribution >= 0.6 is 0 Å². The summed E-state index contributed by atoms with van der Waals surface area (Å²) in [6.45, 7) is 12.2. The van der Waals surface area contributed by atoms with Gasteiger partial charge in [-0.2, -0.15) is 0 Å². The Balaban J connectivity index is 1.76. The van der Waals surface area contributed by atoms with Crippen LogP contribution in [0.15, 0.2) is 24.3 Å². The summed E-state index contributed by atoms with van der Waals surface area (Å²) in [5, 5.41) is 3.58. The highest BCUT2D eigenvalue weighted by atomic mass is 28.3. The third-order valence-electron chi connectivity index (χ3n) is 4.05. The number of rotatable bonds is 7. The van der Waals surface area contributed by atoms with Crippen molar-refractivity contribution in [3.05, 3.63) is 29.8 Å². The van der Waals surface area contributed by atoms with Gasteiger partial charge in [0.1, 0.15) is 0 Å². The molecule has 1 aromatic carbocycles. The number of benzene rings is 1. The second-order valence-corrected chi connectivity index (χ2v) is 12.9. The molecule has 0 amide bonds. The number of aryl methyl sites for hydroxylation is 1. The molecule has 0 aliphatic carbocycles. The van der Waals surface area contributed by atoms with Crippen LogP contribution in [0.4, 0.5) is 5.69 Å². The van der Waals surface area contributed by atoms with Crippen molar-refractivity contribution in [3.63, 3.8) is 0 Å². The molecule has 1 heterocycles. The van der Waals surface area contributed by atoms with Gasteiger partial charge in [0, 0.05) is 26.9 Å². The van der Waals surface area contributed by atoms with Crippen LogP contribution in [0.3, 0.4) is 0 Å². The van der Waals surface area contributed by atoms with E-state index >= 15 is 0 Å². The third kappa shape index (κ3) is 5.67. The summed E-state index contributed by atoms with van der Waals surface area (Å²) >= 11 is 0. The molecule has 0 unspecified atom stereocenters. The maximum absolute atomic E-state index is 3.58. The van der Waals surface area contributed by atoms with E-state index < -0.39 is 8.07 Å². The molecular formula is C17H30N2Si. The average Bonchev–Trinajstić information content (AvgIpc) is 2.89. The molecule has 0 saturated carbocycles. The van der Waals surface area contributed by atoms with Gasteiger partial charge in [0.2, 0.25) is 0 Å². The molecule has 0 radical (unpaired) electrons. The first-order chi connectivity index (χ1) is 9.53. The second kappa shape index (κ2) is 7.28. The smallest absolute Gasteiger partial charge is 0.0445 e. The Bertz CT molecular complexity index is 406. The predicted octanol–water partition coefficient (Wildman–Crippen LogP) is 4.08. The van der Waals surface area contributed by atoms with Crippen molar-refractivity contribution in [1.82, 2.24) is 4.90 Å². The average molecular weight is 291 g/mol. The van der Waals surface area contributed by atoms with Crippen LogP contribution in [-0.2, 0) is 6.42 Å². The molecule has 0 bridgehead atoms. The number of nitrogens with zero attached hydrogens (tertiary/aromatic N) is 1. The largest absolute Gasteiger partial charge is 0.384 e. The summed E-state index contributed by atoms with van der Waals surface area (Å²) < 4.78 is 0. The fourth-order valence-corrected chi connectivity index (χ4v) is 3.76. The molecule has 1 aliphatic heterocycles. The first-order valence-electron chi connectivity index (χ1n) is 8.08. The van der Waals surface area contributed by atoms with Gasteiger partial charge in [0.05, 0.1) is 0 Å². The molecule has 112 valence electrons. The van der Waals surface area contributed by atoms with E-state index in [1.807, 2.05) is 0 Å². The Morgan fingerprint density at radius 1 is 1.15 bits per heavy atom. The quantitative estimate of drug-likeness (QED) is 0.761. The van der Waals surface area contributed by atoms with Crippen LogP contribution in [-0.4, -0.2) is 39.2 Å². The second-order valence-electron chi connectivity index (χ2n) is 7.24. The van der Waals surface area contributed by atoms with Crippen molar-refractivity contribution in [2.45, 2.75) is 44.9 Å². The number of nitrogens with one attached hydrogen (secondary N) is 1. The lowest BCUT2D eigenvalue weighted by Gasteiger charge is -2.17. The number of hydrogen-bond acceptors (Lipinski definition) is 2. The standard InChI is InChI=1S/C17H30N2Si/c1-20(2,3)14-9-16-7-6-8-17(15-16)18-10-13-19-11-4-5-12-19/h6-8,15,18H,4-5,9-14H2,1-3H3. The molecule has 1 aromatic rings. The highest BCUT2D eigenvalue weighted by molar-refractivity contribution is 6.76. The van der Waals surface area contributed by atoms with Gasteiger partial charge in [-0.05, 0) is 50.0 Å². The highest BCUT2D eigenvalue weighted by Gasteiger charge is 2.13. The van der Waals surface area contributed by atoms with E-state index in [1.54, 1.807) is 0 Å². The van der Waals surface area contributed by atoms with Gasteiger partial charge in [-0.15, -0.1) is 0 Å². The van der Waals surface area contributed by atoms with Crippen LogP contribution in [0.1, 0.15) is 18.4 Å². The van der Waals surface area contributed by atoms with Gasteiger partial charge in [-0.1, -0.05) is 37.8 Å². The van der Waals surface area contributed by atoms with E-state index in [0.29, 0.717) is 0 Å². The SMILES string of the molecule is C[Si](C)(C)CCc1cccc(NCCN2CCCC2)c1. The lowest BCUT2D eigenvalue weighted by Crippen LogP contribution is -2.25. The maximum Gasteiger partial charge on any atom is 0.0445 e. The molecule has 20 heavy (non-hydrogen) atoms. The van der Waals surface area contributed by atoms with Crippen molar-refractivity contribution in [3.8, 4) is 0 Å². The Morgan fingerprint density at radius 2 is 1.90 bits per heavy atom. The Hall–Kier alpha value is -0.803. The Kier molecular flexibility index (Phi) is 5.67.